The largest absolute Gasteiger partial charge is 0.401 e. The van der Waals surface area contributed by atoms with Crippen molar-refractivity contribution in [2.75, 3.05) is 27.2 Å². The summed E-state index contributed by atoms with van der Waals surface area (Å²) < 4.78 is 37.0. The second-order valence-corrected chi connectivity index (χ2v) is 4.42. The Morgan fingerprint density at radius 3 is 2.21 bits per heavy atom. The van der Waals surface area contributed by atoms with Gasteiger partial charge in [0.05, 0.1) is 12.6 Å². The van der Waals surface area contributed by atoms with Gasteiger partial charge in [0.25, 0.3) is 0 Å². The first kappa shape index (κ1) is 15.5. The van der Waals surface area contributed by atoms with E-state index < -0.39 is 18.3 Å². The molecule has 3 nitrogen and oxygen atoms in total. The normalized spacial score (nSPS) is 15.0. The molecule has 1 aromatic carbocycles. The van der Waals surface area contributed by atoms with Crippen LogP contribution in [0.5, 0.6) is 0 Å². The van der Waals surface area contributed by atoms with Crippen molar-refractivity contribution in [3.63, 3.8) is 0 Å². The summed E-state index contributed by atoms with van der Waals surface area (Å²) in [5, 5.41) is 12.2. The van der Waals surface area contributed by atoms with E-state index in [0.717, 1.165) is 4.90 Å². The minimum atomic E-state index is -4.28. The third kappa shape index (κ3) is 4.23. The highest BCUT2D eigenvalue weighted by atomic mass is 19.4. The Morgan fingerprint density at radius 1 is 1.21 bits per heavy atom. The number of likely N-dealkylation sites (N-methyl/N-ethyl adjacent to an activating group) is 2. The van der Waals surface area contributed by atoms with Gasteiger partial charge in [-0.15, -0.1) is 0 Å². The van der Waals surface area contributed by atoms with Crippen molar-refractivity contribution in [2.45, 2.75) is 11.7 Å². The summed E-state index contributed by atoms with van der Waals surface area (Å²) in [4.78, 5) is 1.09. The van der Waals surface area contributed by atoms with Gasteiger partial charge >= 0.3 is 6.18 Å². The number of benzene rings is 1. The smallest absolute Gasteiger partial charge is 0.298 e. The van der Waals surface area contributed by atoms with Gasteiger partial charge in [0.15, 0.2) is 0 Å². The fourth-order valence-corrected chi connectivity index (χ4v) is 1.96. The predicted molar refractivity (Wildman–Crippen MR) is 66.3 cm³/mol. The average molecular weight is 271 g/mol. The highest BCUT2D eigenvalue weighted by Crippen LogP contribution is 2.23. The molecule has 1 rings (SSSR count). The maximum atomic E-state index is 12.3. The Balaban J connectivity index is 2.93. The molecule has 1 atom stereocenters. The molecular weight excluding hydrogens is 255 g/mol. The molecule has 19 heavy (non-hydrogen) atoms. The summed E-state index contributed by atoms with van der Waals surface area (Å²) in [6, 6.07) is 10.8. The van der Waals surface area contributed by atoms with Crippen LogP contribution in [-0.2, 0) is 5.54 Å². The van der Waals surface area contributed by atoms with Crippen LogP contribution < -0.4 is 5.32 Å². The monoisotopic (exact) mass is 271 g/mol. The van der Waals surface area contributed by atoms with Crippen LogP contribution in [0.2, 0.25) is 0 Å². The Labute approximate surface area is 110 Å². The number of nitrogens with zero attached hydrogens (tertiary/aromatic N) is 2. The number of nitriles is 1. The standard InChI is InChI=1S/C13H16F3N3/c1-18-12(8-17,11-6-4-3-5-7-11)9-19(2)10-13(14,15)16/h3-7,18H,9-10H2,1-2H3. The van der Waals surface area contributed by atoms with Gasteiger partial charge in [0, 0.05) is 6.54 Å². The molecule has 0 saturated carbocycles. The molecule has 0 fully saturated rings. The molecule has 1 N–H and O–H groups in total. The van der Waals surface area contributed by atoms with Gasteiger partial charge < -0.3 is 0 Å². The summed E-state index contributed by atoms with van der Waals surface area (Å²) in [5.41, 5.74) is -0.504. The molecule has 0 amide bonds. The van der Waals surface area contributed by atoms with Gasteiger partial charge in [-0.2, -0.15) is 18.4 Å². The van der Waals surface area contributed by atoms with Gasteiger partial charge in [-0.05, 0) is 19.7 Å². The highest BCUT2D eigenvalue weighted by Gasteiger charge is 2.36. The minimum absolute atomic E-state index is 0.0521. The van der Waals surface area contributed by atoms with Crippen LogP contribution in [0.3, 0.4) is 0 Å². The lowest BCUT2D eigenvalue weighted by molar-refractivity contribution is -0.144. The zero-order valence-electron chi connectivity index (χ0n) is 10.8. The van der Waals surface area contributed by atoms with Crippen LogP contribution in [0.1, 0.15) is 5.56 Å². The van der Waals surface area contributed by atoms with Crippen LogP contribution in [-0.4, -0.2) is 38.3 Å². The van der Waals surface area contributed by atoms with Gasteiger partial charge in [0.1, 0.15) is 5.54 Å². The molecule has 1 aromatic rings. The molecule has 0 spiro atoms. The van der Waals surface area contributed by atoms with Crippen LogP contribution in [0.25, 0.3) is 0 Å². The molecule has 0 aliphatic rings. The van der Waals surface area contributed by atoms with Crippen molar-refractivity contribution in [3.05, 3.63) is 35.9 Å². The predicted octanol–water partition coefficient (Wildman–Crippen LogP) is 2.12. The molecule has 1 unspecified atom stereocenters. The van der Waals surface area contributed by atoms with Crippen molar-refractivity contribution >= 4 is 0 Å². The van der Waals surface area contributed by atoms with Gasteiger partial charge in [-0.25, -0.2) is 0 Å². The summed E-state index contributed by atoms with van der Waals surface area (Å²) in [7, 11) is 2.91. The van der Waals surface area contributed by atoms with E-state index in [1.807, 2.05) is 0 Å². The molecular formula is C13H16F3N3. The summed E-state index contributed by atoms with van der Waals surface area (Å²) in [6.07, 6.45) is -4.28. The number of alkyl halides is 3. The van der Waals surface area contributed by atoms with Gasteiger partial charge in [-0.3, -0.25) is 10.2 Å². The third-order valence-electron chi connectivity index (χ3n) is 2.84. The highest BCUT2D eigenvalue weighted by molar-refractivity contribution is 5.31. The fourth-order valence-electron chi connectivity index (χ4n) is 1.96. The van der Waals surface area contributed by atoms with Crippen molar-refractivity contribution in [2.24, 2.45) is 0 Å². The fraction of sp³-hybridized carbons (Fsp3) is 0.462. The molecule has 6 heteroatoms. The van der Waals surface area contributed by atoms with Crippen molar-refractivity contribution in [1.29, 1.82) is 5.26 Å². The Kier molecular flexibility index (Phi) is 4.92. The second kappa shape index (κ2) is 6.04. The molecule has 0 saturated heterocycles. The van der Waals surface area contributed by atoms with E-state index in [9.17, 15) is 18.4 Å². The zero-order chi connectivity index (χ0) is 14.5. The lowest BCUT2D eigenvalue weighted by atomic mass is 9.91. The van der Waals surface area contributed by atoms with E-state index in [-0.39, 0.29) is 6.54 Å². The quantitative estimate of drug-likeness (QED) is 0.891. The number of halogens is 3. The Hall–Kier alpha value is -1.58. The van der Waals surface area contributed by atoms with E-state index in [2.05, 4.69) is 11.4 Å². The zero-order valence-corrected chi connectivity index (χ0v) is 10.8. The summed E-state index contributed by atoms with van der Waals surface area (Å²) in [6.45, 7) is -1.10. The number of hydrogen-bond acceptors (Lipinski definition) is 3. The Morgan fingerprint density at radius 2 is 1.79 bits per heavy atom. The van der Waals surface area contributed by atoms with Crippen LogP contribution in [0, 0.1) is 11.3 Å². The summed E-state index contributed by atoms with van der Waals surface area (Å²) >= 11 is 0. The van der Waals surface area contributed by atoms with E-state index in [0.29, 0.717) is 5.56 Å². The van der Waals surface area contributed by atoms with E-state index >= 15 is 0 Å². The van der Waals surface area contributed by atoms with Crippen molar-refractivity contribution in [1.82, 2.24) is 10.2 Å². The first-order valence-electron chi connectivity index (χ1n) is 5.74. The lowest BCUT2D eigenvalue weighted by Crippen LogP contribution is -2.49. The first-order chi connectivity index (χ1) is 8.83. The van der Waals surface area contributed by atoms with Crippen molar-refractivity contribution in [3.8, 4) is 6.07 Å². The molecule has 0 aromatic heterocycles. The van der Waals surface area contributed by atoms with E-state index in [4.69, 9.17) is 0 Å². The molecule has 0 radical (unpaired) electrons. The van der Waals surface area contributed by atoms with Crippen LogP contribution in [0.15, 0.2) is 30.3 Å². The van der Waals surface area contributed by atoms with Gasteiger partial charge in [-0.1, -0.05) is 30.3 Å². The topological polar surface area (TPSA) is 39.1 Å². The molecule has 104 valence electrons. The second-order valence-electron chi connectivity index (χ2n) is 4.42. The number of rotatable bonds is 5. The van der Waals surface area contributed by atoms with E-state index in [1.165, 1.54) is 7.05 Å². The maximum Gasteiger partial charge on any atom is 0.401 e. The number of nitrogens with one attached hydrogen (secondary N) is 1. The molecule has 0 aliphatic heterocycles. The first-order valence-corrected chi connectivity index (χ1v) is 5.74. The van der Waals surface area contributed by atoms with Gasteiger partial charge in [0.2, 0.25) is 0 Å². The lowest BCUT2D eigenvalue weighted by Gasteiger charge is -2.31. The molecule has 0 aliphatic carbocycles. The number of hydrogen-bond donors (Lipinski definition) is 1. The van der Waals surface area contributed by atoms with Crippen LogP contribution in [0.4, 0.5) is 13.2 Å². The molecule has 0 bridgehead atoms. The van der Waals surface area contributed by atoms with Crippen molar-refractivity contribution < 1.29 is 13.2 Å². The minimum Gasteiger partial charge on any atom is -0.298 e. The summed E-state index contributed by atoms with van der Waals surface area (Å²) in [5.74, 6) is 0. The van der Waals surface area contributed by atoms with Crippen LogP contribution >= 0.6 is 0 Å². The van der Waals surface area contributed by atoms with E-state index in [1.54, 1.807) is 37.4 Å². The SMILES string of the molecule is CNC(C#N)(CN(C)CC(F)(F)F)c1ccccc1. The third-order valence-corrected chi connectivity index (χ3v) is 2.84. The average Bonchev–Trinajstić information content (AvgIpc) is 2.35. The molecule has 0 heterocycles. The Bertz CT molecular complexity index is 439. The maximum absolute atomic E-state index is 12.3.